The van der Waals surface area contributed by atoms with E-state index in [2.05, 4.69) is 6.58 Å². The predicted octanol–water partition coefficient (Wildman–Crippen LogP) is 5.99. The molecular formula is C16H23F7O2. The molecule has 0 aromatic heterocycles. The molecule has 0 amide bonds. The fourth-order valence-electron chi connectivity index (χ4n) is 1.24. The van der Waals surface area contributed by atoms with Gasteiger partial charge in [0.25, 0.3) is 11.7 Å². The summed E-state index contributed by atoms with van der Waals surface area (Å²) in [5.74, 6) is -6.53. The van der Waals surface area contributed by atoms with Crippen LogP contribution in [0.4, 0.5) is 31.4 Å². The summed E-state index contributed by atoms with van der Waals surface area (Å²) in [5, 5.41) is 9.50. The van der Waals surface area contributed by atoms with E-state index in [1.165, 1.54) is 6.92 Å². The second-order valence-corrected chi connectivity index (χ2v) is 4.13. The van der Waals surface area contributed by atoms with Gasteiger partial charge in [0.15, 0.2) is 0 Å². The Morgan fingerprint density at radius 2 is 1.52 bits per heavy atom. The van der Waals surface area contributed by atoms with Crippen molar-refractivity contribution in [3.63, 3.8) is 0 Å². The molecule has 0 aliphatic heterocycles. The molecule has 148 valence electrons. The highest BCUT2D eigenvalue weighted by Crippen LogP contribution is 2.29. The van der Waals surface area contributed by atoms with Crippen LogP contribution in [0.3, 0.4) is 0 Å². The van der Waals surface area contributed by atoms with E-state index in [-0.39, 0.29) is 21.1 Å². The third kappa shape index (κ3) is 11.2. The van der Waals surface area contributed by atoms with E-state index < -0.39 is 35.6 Å². The largest absolute Gasteiger partial charge is 0.507 e. The highest BCUT2D eigenvalue weighted by Gasteiger charge is 2.37. The SMILES string of the molecule is C=C/C=C(\C=C(/C)C(F)(F)CC)C(/O)=C/C(=O)C(F)(F)F.CC.F.F. The highest BCUT2D eigenvalue weighted by molar-refractivity contribution is 5.95. The molecule has 0 fully saturated rings. The minimum atomic E-state index is -5.15. The van der Waals surface area contributed by atoms with Gasteiger partial charge in [0.05, 0.1) is 0 Å². The highest BCUT2D eigenvalue weighted by atomic mass is 19.4. The lowest BCUT2D eigenvalue weighted by atomic mass is 10.0. The van der Waals surface area contributed by atoms with Crippen LogP contribution in [-0.4, -0.2) is 23.0 Å². The molecule has 0 heterocycles. The molecule has 0 bridgehead atoms. The molecule has 0 aromatic rings. The third-order valence-corrected chi connectivity index (χ3v) is 2.53. The quantitative estimate of drug-likeness (QED) is 0.266. The summed E-state index contributed by atoms with van der Waals surface area (Å²) in [6.45, 7) is 9.56. The fraction of sp³-hybridized carbons (Fsp3) is 0.438. The normalized spacial score (nSPS) is 12.9. The van der Waals surface area contributed by atoms with Crippen LogP contribution >= 0.6 is 0 Å². The number of ketones is 1. The zero-order valence-corrected chi connectivity index (χ0v) is 14.3. The number of hydrogen-bond acceptors (Lipinski definition) is 2. The number of allylic oxidation sites excluding steroid dienone is 5. The molecular weight excluding hydrogens is 357 g/mol. The summed E-state index contributed by atoms with van der Waals surface area (Å²) in [6.07, 6.45) is -2.82. The standard InChI is InChI=1S/C14H15F5O2.C2H6.2FH/c1-4-6-10(7-9(3)13(15,16)5-2)11(20)8-12(21)14(17,18)19;1-2;;/h4,6-8,20H,1,5H2,2-3H3;1-2H3;2*1H/b9-7+,10-6+,11-8-;;;. The third-order valence-electron chi connectivity index (χ3n) is 2.53. The Hall–Kier alpha value is -2.06. The zero-order valence-electron chi connectivity index (χ0n) is 14.3. The van der Waals surface area contributed by atoms with Crippen molar-refractivity contribution in [1.29, 1.82) is 0 Å². The van der Waals surface area contributed by atoms with Crippen LogP contribution in [-0.2, 0) is 4.79 Å². The van der Waals surface area contributed by atoms with Crippen molar-refractivity contribution >= 4 is 5.78 Å². The number of carbonyl (C=O) groups excluding carboxylic acids is 1. The van der Waals surface area contributed by atoms with E-state index >= 15 is 0 Å². The lowest BCUT2D eigenvalue weighted by Crippen LogP contribution is -2.21. The van der Waals surface area contributed by atoms with E-state index in [9.17, 15) is 31.9 Å². The molecule has 1 N–H and O–H groups in total. The second kappa shape index (κ2) is 13.3. The van der Waals surface area contributed by atoms with E-state index in [4.69, 9.17) is 0 Å². The van der Waals surface area contributed by atoms with Crippen molar-refractivity contribution in [2.45, 2.75) is 46.2 Å². The van der Waals surface area contributed by atoms with Crippen LogP contribution in [0.2, 0.25) is 0 Å². The number of aliphatic hydroxyl groups excluding tert-OH is 1. The Labute approximate surface area is 142 Å². The average Bonchev–Trinajstić information content (AvgIpc) is 2.47. The van der Waals surface area contributed by atoms with Gasteiger partial charge in [-0.25, -0.2) is 8.78 Å². The van der Waals surface area contributed by atoms with E-state index in [0.29, 0.717) is 0 Å². The number of halogens is 7. The number of rotatable bonds is 6. The monoisotopic (exact) mass is 380 g/mol. The maximum absolute atomic E-state index is 13.4. The molecule has 0 aliphatic carbocycles. The zero-order chi connectivity index (χ0) is 18.8. The van der Waals surface area contributed by atoms with Crippen LogP contribution in [0.15, 0.2) is 47.8 Å². The van der Waals surface area contributed by atoms with E-state index in [1.807, 2.05) is 13.8 Å². The maximum atomic E-state index is 13.4. The van der Waals surface area contributed by atoms with Gasteiger partial charge in [0.2, 0.25) is 0 Å². The number of carbonyl (C=O) groups is 1. The fourth-order valence-corrected chi connectivity index (χ4v) is 1.24. The maximum Gasteiger partial charge on any atom is 0.454 e. The van der Waals surface area contributed by atoms with Crippen LogP contribution in [0.1, 0.15) is 34.1 Å². The van der Waals surface area contributed by atoms with Gasteiger partial charge in [-0.05, 0) is 18.6 Å². The van der Waals surface area contributed by atoms with Crippen molar-refractivity contribution in [1.82, 2.24) is 0 Å². The van der Waals surface area contributed by atoms with Crippen LogP contribution in [0.5, 0.6) is 0 Å². The topological polar surface area (TPSA) is 37.3 Å². The number of aliphatic hydroxyl groups is 1. The molecule has 0 rings (SSSR count). The number of alkyl halides is 5. The average molecular weight is 380 g/mol. The summed E-state index contributed by atoms with van der Waals surface area (Å²) in [7, 11) is 0. The molecule has 0 saturated heterocycles. The number of hydrogen-bond donors (Lipinski definition) is 1. The van der Waals surface area contributed by atoms with Crippen molar-refractivity contribution in [3.05, 3.63) is 47.8 Å². The summed E-state index contributed by atoms with van der Waals surface area (Å²) in [4.78, 5) is 10.7. The van der Waals surface area contributed by atoms with Crippen LogP contribution in [0.25, 0.3) is 0 Å². The van der Waals surface area contributed by atoms with Gasteiger partial charge >= 0.3 is 6.18 Å². The van der Waals surface area contributed by atoms with Crippen LogP contribution < -0.4 is 0 Å². The van der Waals surface area contributed by atoms with Gasteiger partial charge in [0, 0.05) is 18.1 Å². The Balaban J connectivity index is -0.000000530. The lowest BCUT2D eigenvalue weighted by Gasteiger charge is -2.15. The summed E-state index contributed by atoms with van der Waals surface area (Å²) in [6, 6.07) is 0. The summed E-state index contributed by atoms with van der Waals surface area (Å²) < 4.78 is 63.0. The molecule has 0 aromatic carbocycles. The molecule has 0 radical (unpaired) electrons. The van der Waals surface area contributed by atoms with Crippen molar-refractivity contribution in [2.24, 2.45) is 0 Å². The first-order valence-corrected chi connectivity index (χ1v) is 6.87. The van der Waals surface area contributed by atoms with Gasteiger partial charge in [-0.15, -0.1) is 0 Å². The molecule has 0 aliphatic rings. The van der Waals surface area contributed by atoms with E-state index in [1.54, 1.807) is 0 Å². The van der Waals surface area contributed by atoms with Gasteiger partial charge < -0.3 is 5.11 Å². The first-order valence-electron chi connectivity index (χ1n) is 6.87. The predicted molar refractivity (Wildman–Crippen MR) is 85.4 cm³/mol. The van der Waals surface area contributed by atoms with Crippen molar-refractivity contribution in [2.75, 3.05) is 0 Å². The molecule has 0 unspecified atom stereocenters. The Kier molecular flexibility index (Phi) is 16.3. The molecule has 2 nitrogen and oxygen atoms in total. The minimum absolute atomic E-state index is 0. The van der Waals surface area contributed by atoms with Crippen LogP contribution in [0, 0.1) is 0 Å². The van der Waals surface area contributed by atoms with Gasteiger partial charge in [0.1, 0.15) is 5.76 Å². The first-order chi connectivity index (χ1) is 10.5. The lowest BCUT2D eigenvalue weighted by molar-refractivity contribution is -0.165. The Morgan fingerprint density at radius 1 is 1.08 bits per heavy atom. The Morgan fingerprint density at radius 3 is 1.84 bits per heavy atom. The Bertz CT molecular complexity index is 501. The first kappa shape index (κ1) is 30.8. The second-order valence-electron chi connectivity index (χ2n) is 4.13. The smallest absolute Gasteiger partial charge is 0.454 e. The van der Waals surface area contributed by atoms with E-state index in [0.717, 1.165) is 25.2 Å². The molecule has 0 spiro atoms. The van der Waals surface area contributed by atoms with Crippen molar-refractivity contribution < 1.29 is 41.3 Å². The molecule has 9 heteroatoms. The molecule has 25 heavy (non-hydrogen) atoms. The van der Waals surface area contributed by atoms with Gasteiger partial charge in [-0.2, -0.15) is 13.2 Å². The van der Waals surface area contributed by atoms with Crippen molar-refractivity contribution in [3.8, 4) is 0 Å². The van der Waals surface area contributed by atoms with Gasteiger partial charge in [-0.1, -0.05) is 39.5 Å². The molecule has 0 atom stereocenters. The minimum Gasteiger partial charge on any atom is -0.507 e. The summed E-state index contributed by atoms with van der Waals surface area (Å²) in [5.41, 5.74) is -0.828. The molecule has 0 saturated carbocycles. The van der Waals surface area contributed by atoms with Gasteiger partial charge in [-0.3, -0.25) is 14.2 Å². The summed E-state index contributed by atoms with van der Waals surface area (Å²) >= 11 is 0.